The van der Waals surface area contributed by atoms with E-state index in [2.05, 4.69) is 5.32 Å². The number of hydrogen-bond donors (Lipinski definition) is 1. The van der Waals surface area contributed by atoms with E-state index in [-0.39, 0.29) is 17.5 Å². The Bertz CT molecular complexity index is 1310. The summed E-state index contributed by atoms with van der Waals surface area (Å²) < 4.78 is 39.2. The summed E-state index contributed by atoms with van der Waals surface area (Å²) in [6.07, 6.45) is -3.84. The largest absolute Gasteiger partial charge is 0.416 e. The predicted octanol–water partition coefficient (Wildman–Crippen LogP) is 9.27. The number of rotatable bonds is 8. The summed E-state index contributed by atoms with van der Waals surface area (Å²) in [5, 5.41) is 3.31. The molecule has 38 heavy (non-hydrogen) atoms. The van der Waals surface area contributed by atoms with Crippen molar-refractivity contribution in [2.45, 2.75) is 25.1 Å². The van der Waals surface area contributed by atoms with Gasteiger partial charge in [-0.05, 0) is 47.4 Å². The lowest BCUT2D eigenvalue weighted by Gasteiger charge is -2.27. The van der Waals surface area contributed by atoms with Crippen LogP contribution in [0.15, 0.2) is 103 Å². The molecule has 0 fully saturated rings. The van der Waals surface area contributed by atoms with Gasteiger partial charge in [-0.2, -0.15) is 13.2 Å². The van der Waals surface area contributed by atoms with Crippen molar-refractivity contribution in [2.24, 2.45) is 0 Å². The average Bonchev–Trinajstić information content (AvgIpc) is 2.91. The Hall–Kier alpha value is -3.48. The van der Waals surface area contributed by atoms with Crippen LogP contribution in [0.3, 0.4) is 0 Å². The first-order valence-corrected chi connectivity index (χ1v) is 12.7. The van der Waals surface area contributed by atoms with E-state index in [1.54, 1.807) is 23.1 Å². The van der Waals surface area contributed by atoms with Gasteiger partial charge in [-0.15, -0.1) is 0 Å². The van der Waals surface area contributed by atoms with Crippen LogP contribution < -0.4 is 5.32 Å². The molecule has 0 saturated heterocycles. The van der Waals surface area contributed by atoms with Gasteiger partial charge in [-0.1, -0.05) is 102 Å². The quantitative estimate of drug-likeness (QED) is 0.230. The molecule has 0 bridgehead atoms. The molecule has 0 aliphatic rings. The molecule has 8 heteroatoms. The summed E-state index contributed by atoms with van der Waals surface area (Å²) >= 11 is 12.4. The number of alkyl halides is 3. The van der Waals surface area contributed by atoms with Crippen LogP contribution in [0, 0.1) is 0 Å². The van der Waals surface area contributed by atoms with Crippen molar-refractivity contribution in [1.82, 2.24) is 4.90 Å². The Balaban J connectivity index is 1.60. The molecule has 0 aromatic heterocycles. The SMILES string of the molecule is O=C(Nc1cccc(Cl)c1Cl)N(CCC(c1ccccc1)c1ccccc1)Cc1ccc(C(F)(F)F)cc1. The van der Waals surface area contributed by atoms with Gasteiger partial charge in [-0.3, -0.25) is 0 Å². The number of nitrogens with zero attached hydrogens (tertiary/aromatic N) is 1. The second kappa shape index (κ2) is 12.4. The number of benzene rings is 4. The van der Waals surface area contributed by atoms with Crippen molar-refractivity contribution in [3.8, 4) is 0 Å². The first-order chi connectivity index (χ1) is 18.2. The second-order valence-corrected chi connectivity index (χ2v) is 9.60. The summed E-state index contributed by atoms with van der Waals surface area (Å²) in [5.74, 6) is 0.00932. The number of urea groups is 1. The fourth-order valence-electron chi connectivity index (χ4n) is 4.25. The predicted molar refractivity (Wildman–Crippen MR) is 147 cm³/mol. The Morgan fingerprint density at radius 1 is 0.789 bits per heavy atom. The summed E-state index contributed by atoms with van der Waals surface area (Å²) in [4.78, 5) is 15.0. The van der Waals surface area contributed by atoms with Crippen LogP contribution >= 0.6 is 23.2 Å². The van der Waals surface area contributed by atoms with Crippen molar-refractivity contribution < 1.29 is 18.0 Å². The Morgan fingerprint density at radius 2 is 1.37 bits per heavy atom. The van der Waals surface area contributed by atoms with Gasteiger partial charge in [-0.25, -0.2) is 4.79 Å². The van der Waals surface area contributed by atoms with Crippen molar-refractivity contribution in [1.29, 1.82) is 0 Å². The maximum atomic E-state index is 13.4. The van der Waals surface area contributed by atoms with E-state index in [9.17, 15) is 18.0 Å². The summed E-state index contributed by atoms with van der Waals surface area (Å²) in [7, 11) is 0. The zero-order chi connectivity index (χ0) is 27.1. The summed E-state index contributed by atoms with van der Waals surface area (Å²) in [6.45, 7) is 0.442. The second-order valence-electron chi connectivity index (χ2n) is 8.81. The maximum absolute atomic E-state index is 13.4. The Kier molecular flexibility index (Phi) is 8.97. The first-order valence-electron chi connectivity index (χ1n) is 12.0. The standard InChI is InChI=1S/C30H25Cl2F3N2O/c31-26-12-7-13-27(28(26)32)36-29(38)37(20-21-14-16-24(17-15-21)30(33,34)35)19-18-25(22-8-3-1-4-9-22)23-10-5-2-6-11-23/h1-17,25H,18-20H2,(H,36,38). The fourth-order valence-corrected chi connectivity index (χ4v) is 4.60. The zero-order valence-electron chi connectivity index (χ0n) is 20.3. The van der Waals surface area contributed by atoms with Gasteiger partial charge in [0, 0.05) is 19.0 Å². The number of nitrogens with one attached hydrogen (secondary N) is 1. The van der Waals surface area contributed by atoms with Crippen molar-refractivity contribution in [3.63, 3.8) is 0 Å². The van der Waals surface area contributed by atoms with Crippen LogP contribution in [0.4, 0.5) is 23.7 Å². The first kappa shape index (κ1) is 27.6. The minimum atomic E-state index is -4.43. The van der Waals surface area contributed by atoms with Crippen molar-refractivity contribution >= 4 is 34.9 Å². The molecule has 4 aromatic rings. The third kappa shape index (κ3) is 7.09. The third-order valence-electron chi connectivity index (χ3n) is 6.23. The van der Waals surface area contributed by atoms with Gasteiger partial charge < -0.3 is 10.2 Å². The molecule has 0 unspecified atom stereocenters. The molecule has 0 aliphatic carbocycles. The Morgan fingerprint density at radius 3 is 1.92 bits per heavy atom. The molecule has 2 amide bonds. The van der Waals surface area contributed by atoms with Crippen LogP contribution in [0.1, 0.15) is 34.6 Å². The highest BCUT2D eigenvalue weighted by molar-refractivity contribution is 6.43. The van der Waals surface area contributed by atoms with Gasteiger partial charge >= 0.3 is 12.2 Å². The number of hydrogen-bond acceptors (Lipinski definition) is 1. The van der Waals surface area contributed by atoms with Gasteiger partial charge in [0.25, 0.3) is 0 Å². The molecule has 4 rings (SSSR count). The molecule has 3 nitrogen and oxygen atoms in total. The smallest absolute Gasteiger partial charge is 0.320 e. The van der Waals surface area contributed by atoms with Crippen LogP contribution in [0.2, 0.25) is 10.0 Å². The molecular formula is C30H25Cl2F3N2O. The molecule has 4 aromatic carbocycles. The summed E-state index contributed by atoms with van der Waals surface area (Å²) in [6, 6.07) is 29.3. The minimum absolute atomic E-state index is 0.00932. The lowest BCUT2D eigenvalue weighted by atomic mass is 9.88. The number of carbonyl (C=O) groups is 1. The normalized spacial score (nSPS) is 11.4. The fraction of sp³-hybridized carbons (Fsp3) is 0.167. The van der Waals surface area contributed by atoms with Gasteiger partial charge in [0.15, 0.2) is 0 Å². The van der Waals surface area contributed by atoms with Crippen LogP contribution in [-0.2, 0) is 12.7 Å². The molecule has 1 N–H and O–H groups in total. The molecule has 196 valence electrons. The number of anilines is 1. The van der Waals surface area contributed by atoms with Crippen LogP contribution in [-0.4, -0.2) is 17.5 Å². The van der Waals surface area contributed by atoms with E-state index in [1.807, 2.05) is 60.7 Å². The highest BCUT2D eigenvalue weighted by Gasteiger charge is 2.30. The molecule has 0 saturated carbocycles. The highest BCUT2D eigenvalue weighted by atomic mass is 35.5. The Labute approximate surface area is 229 Å². The van der Waals surface area contributed by atoms with Crippen LogP contribution in [0.5, 0.6) is 0 Å². The van der Waals surface area contributed by atoms with E-state index in [1.165, 1.54) is 12.1 Å². The molecule has 0 atom stereocenters. The van der Waals surface area contributed by atoms with E-state index in [0.717, 1.165) is 23.3 Å². The van der Waals surface area contributed by atoms with Gasteiger partial charge in [0.1, 0.15) is 0 Å². The molecule has 0 spiro atoms. The van der Waals surface area contributed by atoms with E-state index < -0.39 is 17.8 Å². The number of halogens is 5. The monoisotopic (exact) mass is 556 g/mol. The van der Waals surface area contributed by atoms with Crippen molar-refractivity contribution in [2.75, 3.05) is 11.9 Å². The minimum Gasteiger partial charge on any atom is -0.320 e. The van der Waals surface area contributed by atoms with Gasteiger partial charge in [0.2, 0.25) is 0 Å². The summed E-state index contributed by atoms with van der Waals surface area (Å²) in [5.41, 5.74) is 2.39. The van der Waals surface area contributed by atoms with E-state index in [0.29, 0.717) is 29.2 Å². The lowest BCUT2D eigenvalue weighted by molar-refractivity contribution is -0.137. The van der Waals surface area contributed by atoms with E-state index >= 15 is 0 Å². The molecular weight excluding hydrogens is 532 g/mol. The number of amides is 2. The highest BCUT2D eigenvalue weighted by Crippen LogP contribution is 2.32. The molecule has 0 aliphatic heterocycles. The lowest BCUT2D eigenvalue weighted by Crippen LogP contribution is -2.36. The van der Waals surface area contributed by atoms with E-state index in [4.69, 9.17) is 23.2 Å². The zero-order valence-corrected chi connectivity index (χ0v) is 21.8. The van der Waals surface area contributed by atoms with Crippen LogP contribution in [0.25, 0.3) is 0 Å². The topological polar surface area (TPSA) is 32.3 Å². The van der Waals surface area contributed by atoms with Crippen molar-refractivity contribution in [3.05, 3.63) is 135 Å². The maximum Gasteiger partial charge on any atom is 0.416 e. The third-order valence-corrected chi connectivity index (χ3v) is 7.05. The van der Waals surface area contributed by atoms with Gasteiger partial charge in [0.05, 0.1) is 21.3 Å². The number of carbonyl (C=O) groups excluding carboxylic acids is 1. The molecule has 0 heterocycles. The molecule has 0 radical (unpaired) electrons. The average molecular weight is 557 g/mol.